The number of halogens is 1. The first-order valence-electron chi connectivity index (χ1n) is 5.65. The quantitative estimate of drug-likeness (QED) is 0.760. The predicted molar refractivity (Wildman–Crippen MR) is 72.4 cm³/mol. The normalized spacial score (nSPS) is 10.4. The van der Waals surface area contributed by atoms with Gasteiger partial charge in [-0.3, -0.25) is 0 Å². The van der Waals surface area contributed by atoms with E-state index in [2.05, 4.69) is 21.5 Å². The second kappa shape index (κ2) is 7.32. The van der Waals surface area contributed by atoms with E-state index in [4.69, 9.17) is 0 Å². The Morgan fingerprint density at radius 1 is 1.53 bits per heavy atom. The highest BCUT2D eigenvalue weighted by atomic mass is 32.2. The fourth-order valence-corrected chi connectivity index (χ4v) is 1.84. The molecule has 1 rings (SSSR count). The summed E-state index contributed by atoms with van der Waals surface area (Å²) in [5, 5.41) is 2.98. The molecule has 0 aromatic carbocycles. The number of hydrogen-bond donors (Lipinski definition) is 1. The molecule has 0 fully saturated rings. The summed E-state index contributed by atoms with van der Waals surface area (Å²) in [6.45, 7) is 3.47. The molecule has 0 atom stereocenters. The van der Waals surface area contributed by atoms with Gasteiger partial charge in [0.1, 0.15) is 0 Å². The first kappa shape index (κ1) is 14.0. The zero-order valence-electron chi connectivity index (χ0n) is 10.5. The molecule has 0 aliphatic heterocycles. The van der Waals surface area contributed by atoms with Gasteiger partial charge in [0.05, 0.1) is 6.20 Å². The van der Waals surface area contributed by atoms with E-state index < -0.39 is 0 Å². The molecule has 1 aromatic rings. The second-order valence-corrected chi connectivity index (χ2v) is 4.65. The van der Waals surface area contributed by atoms with Crippen LogP contribution in [0.1, 0.15) is 13.3 Å². The largest absolute Gasteiger partial charge is 0.357 e. The molecule has 6 heteroatoms. The van der Waals surface area contributed by atoms with Gasteiger partial charge >= 0.3 is 0 Å². The molecule has 0 aliphatic carbocycles. The van der Waals surface area contributed by atoms with Gasteiger partial charge in [-0.15, -0.1) is 0 Å². The van der Waals surface area contributed by atoms with Crippen LogP contribution in [-0.4, -0.2) is 42.1 Å². The molecule has 0 unspecified atom stereocenters. The number of nitrogens with zero attached hydrogens (tertiary/aromatic N) is 3. The van der Waals surface area contributed by atoms with E-state index in [0.29, 0.717) is 11.8 Å². The molecule has 17 heavy (non-hydrogen) atoms. The van der Waals surface area contributed by atoms with Crippen LogP contribution in [0.25, 0.3) is 0 Å². The Labute approximate surface area is 106 Å². The minimum Gasteiger partial charge on any atom is -0.357 e. The number of aromatic nitrogens is 2. The molecular weight excluding hydrogens is 239 g/mol. The summed E-state index contributed by atoms with van der Waals surface area (Å²) in [5.74, 6) is 1.52. The maximum absolute atomic E-state index is 13.6. The summed E-state index contributed by atoms with van der Waals surface area (Å²) < 4.78 is 13.6. The minimum absolute atomic E-state index is 0.358. The van der Waals surface area contributed by atoms with E-state index in [1.165, 1.54) is 6.20 Å². The topological polar surface area (TPSA) is 41.1 Å². The van der Waals surface area contributed by atoms with Gasteiger partial charge in [-0.1, -0.05) is 0 Å². The maximum atomic E-state index is 13.6. The van der Waals surface area contributed by atoms with Gasteiger partial charge in [0, 0.05) is 20.1 Å². The van der Waals surface area contributed by atoms with E-state index in [1.54, 1.807) is 11.8 Å². The van der Waals surface area contributed by atoms with Crippen LogP contribution in [0.3, 0.4) is 0 Å². The van der Waals surface area contributed by atoms with Crippen LogP contribution in [0.5, 0.6) is 0 Å². The number of hydrogen-bond acceptors (Lipinski definition) is 5. The zero-order valence-corrected chi connectivity index (χ0v) is 11.4. The molecule has 0 spiro atoms. The van der Waals surface area contributed by atoms with Crippen LogP contribution in [0.2, 0.25) is 0 Å². The second-order valence-electron chi connectivity index (χ2n) is 3.66. The van der Waals surface area contributed by atoms with Crippen LogP contribution in [0, 0.1) is 5.82 Å². The molecule has 1 N–H and O–H groups in total. The molecule has 0 saturated carbocycles. The molecule has 0 saturated heterocycles. The van der Waals surface area contributed by atoms with Crippen molar-refractivity contribution in [3.8, 4) is 0 Å². The van der Waals surface area contributed by atoms with Gasteiger partial charge in [0.15, 0.2) is 11.6 Å². The van der Waals surface area contributed by atoms with Crippen molar-refractivity contribution in [2.24, 2.45) is 0 Å². The molecule has 0 amide bonds. The first-order chi connectivity index (χ1) is 8.19. The highest BCUT2D eigenvalue weighted by Crippen LogP contribution is 2.16. The fraction of sp³-hybridized carbons (Fsp3) is 0.636. The van der Waals surface area contributed by atoms with Crippen LogP contribution in [0.15, 0.2) is 6.20 Å². The van der Waals surface area contributed by atoms with Crippen molar-refractivity contribution in [1.29, 1.82) is 0 Å². The minimum atomic E-state index is -0.377. The zero-order chi connectivity index (χ0) is 12.7. The van der Waals surface area contributed by atoms with Gasteiger partial charge in [0.25, 0.3) is 0 Å². The number of thioether (sulfide) groups is 1. The van der Waals surface area contributed by atoms with Crippen molar-refractivity contribution in [3.05, 3.63) is 12.0 Å². The molecule has 1 aromatic heterocycles. The number of rotatable bonds is 7. The summed E-state index contributed by atoms with van der Waals surface area (Å²) in [7, 11) is 1.85. The van der Waals surface area contributed by atoms with E-state index in [9.17, 15) is 4.39 Å². The van der Waals surface area contributed by atoms with E-state index in [0.717, 1.165) is 25.3 Å². The maximum Gasteiger partial charge on any atom is 0.224 e. The highest BCUT2D eigenvalue weighted by Gasteiger charge is 2.10. The van der Waals surface area contributed by atoms with Gasteiger partial charge in [0.2, 0.25) is 5.95 Å². The van der Waals surface area contributed by atoms with E-state index in [-0.39, 0.29) is 5.82 Å². The Morgan fingerprint density at radius 2 is 2.29 bits per heavy atom. The van der Waals surface area contributed by atoms with E-state index in [1.807, 2.05) is 18.9 Å². The Hall–Kier alpha value is -1.04. The average molecular weight is 258 g/mol. The van der Waals surface area contributed by atoms with Gasteiger partial charge in [-0.05, 0) is 25.4 Å². The van der Waals surface area contributed by atoms with Crippen molar-refractivity contribution < 1.29 is 4.39 Å². The average Bonchev–Trinajstić information content (AvgIpc) is 2.32. The SMILES string of the molecule is CCNc1ncc(F)c(N(C)CCCSC)n1. The Kier molecular flexibility index (Phi) is 6.04. The summed E-state index contributed by atoms with van der Waals surface area (Å²) in [6.07, 6.45) is 4.29. The third-order valence-corrected chi connectivity index (χ3v) is 2.96. The van der Waals surface area contributed by atoms with E-state index >= 15 is 0 Å². The standard InChI is InChI=1S/C11H19FN4S/c1-4-13-11-14-8-9(12)10(15-11)16(2)6-5-7-17-3/h8H,4-7H2,1-3H3,(H,13,14,15). The van der Waals surface area contributed by atoms with Crippen molar-refractivity contribution in [3.63, 3.8) is 0 Å². The van der Waals surface area contributed by atoms with Crippen molar-refractivity contribution in [1.82, 2.24) is 9.97 Å². The van der Waals surface area contributed by atoms with Crippen LogP contribution < -0.4 is 10.2 Å². The molecule has 0 bridgehead atoms. The van der Waals surface area contributed by atoms with Crippen molar-refractivity contribution in [2.75, 3.05) is 42.4 Å². The highest BCUT2D eigenvalue weighted by molar-refractivity contribution is 7.98. The van der Waals surface area contributed by atoms with Crippen LogP contribution in [0.4, 0.5) is 16.2 Å². The fourth-order valence-electron chi connectivity index (χ4n) is 1.42. The summed E-state index contributed by atoms with van der Waals surface area (Å²) >= 11 is 1.79. The molecular formula is C11H19FN4S. The van der Waals surface area contributed by atoms with Gasteiger partial charge in [-0.2, -0.15) is 16.7 Å². The van der Waals surface area contributed by atoms with Crippen LogP contribution in [-0.2, 0) is 0 Å². The molecule has 0 aliphatic rings. The Morgan fingerprint density at radius 3 is 2.94 bits per heavy atom. The Bertz CT molecular complexity index is 348. The smallest absolute Gasteiger partial charge is 0.224 e. The lowest BCUT2D eigenvalue weighted by atomic mass is 10.4. The monoisotopic (exact) mass is 258 g/mol. The summed E-state index contributed by atoms with van der Waals surface area (Å²) in [6, 6.07) is 0. The molecule has 0 radical (unpaired) electrons. The number of nitrogens with one attached hydrogen (secondary N) is 1. The molecule has 1 heterocycles. The van der Waals surface area contributed by atoms with Gasteiger partial charge in [-0.25, -0.2) is 9.37 Å². The predicted octanol–water partition coefficient (Wildman–Crippen LogP) is 2.24. The molecule has 4 nitrogen and oxygen atoms in total. The van der Waals surface area contributed by atoms with Gasteiger partial charge < -0.3 is 10.2 Å². The summed E-state index contributed by atoms with van der Waals surface area (Å²) in [5.41, 5.74) is 0. The lowest BCUT2D eigenvalue weighted by Gasteiger charge is -2.18. The third kappa shape index (κ3) is 4.38. The summed E-state index contributed by atoms with van der Waals surface area (Å²) in [4.78, 5) is 9.87. The van der Waals surface area contributed by atoms with Crippen LogP contribution >= 0.6 is 11.8 Å². The third-order valence-electron chi connectivity index (χ3n) is 2.26. The Balaban J connectivity index is 2.69. The molecule has 96 valence electrons. The number of anilines is 2. The lowest BCUT2D eigenvalue weighted by Crippen LogP contribution is -2.22. The lowest BCUT2D eigenvalue weighted by molar-refractivity contribution is 0.607. The first-order valence-corrected chi connectivity index (χ1v) is 7.05. The van der Waals surface area contributed by atoms with Crippen molar-refractivity contribution in [2.45, 2.75) is 13.3 Å². The van der Waals surface area contributed by atoms with Crippen molar-refractivity contribution >= 4 is 23.5 Å².